The molecule has 0 aliphatic heterocycles. The Morgan fingerprint density at radius 1 is 0.960 bits per heavy atom. The second-order valence-corrected chi connectivity index (χ2v) is 8.23. The van der Waals surface area contributed by atoms with Gasteiger partial charge in [0.2, 0.25) is 5.91 Å². The lowest BCUT2D eigenvalue weighted by atomic mass is 9.95. The highest BCUT2D eigenvalue weighted by Crippen LogP contribution is 2.48. The maximum Gasteiger partial charge on any atom is 0.230 e. The number of hydrogen-bond acceptors (Lipinski definition) is 3. The Labute approximate surface area is 144 Å². The van der Waals surface area contributed by atoms with E-state index in [-0.39, 0.29) is 28.9 Å². The molecule has 3 rings (SSSR count). The summed E-state index contributed by atoms with van der Waals surface area (Å²) in [6.45, 7) is -0.0402. The summed E-state index contributed by atoms with van der Waals surface area (Å²) in [5.41, 5.74) is 0.0423. The zero-order chi connectivity index (χ0) is 18.1. The highest BCUT2D eigenvalue weighted by Gasteiger charge is 2.51. The molecule has 0 saturated heterocycles. The fraction of sp³-hybridized carbons (Fsp3) is 0.278. The molecular formula is C18H17F2NO3S. The predicted molar refractivity (Wildman–Crippen MR) is 88.8 cm³/mol. The smallest absolute Gasteiger partial charge is 0.230 e. The molecule has 7 heteroatoms. The maximum atomic E-state index is 13.0. The summed E-state index contributed by atoms with van der Waals surface area (Å²) in [6.07, 6.45) is 1.30. The van der Waals surface area contributed by atoms with Crippen LogP contribution in [0.2, 0.25) is 0 Å². The van der Waals surface area contributed by atoms with E-state index in [0.717, 1.165) is 17.7 Å². The first-order chi connectivity index (χ1) is 11.8. The lowest BCUT2D eigenvalue weighted by molar-refractivity contribution is -0.123. The molecule has 0 spiro atoms. The van der Waals surface area contributed by atoms with Gasteiger partial charge in [0.25, 0.3) is 0 Å². The molecule has 0 bridgehead atoms. The van der Waals surface area contributed by atoms with Crippen LogP contribution in [0.3, 0.4) is 0 Å². The van der Waals surface area contributed by atoms with E-state index in [1.54, 1.807) is 12.1 Å². The normalized spacial score (nSPS) is 15.6. The van der Waals surface area contributed by atoms with Crippen molar-refractivity contribution in [1.29, 1.82) is 0 Å². The minimum Gasteiger partial charge on any atom is -0.354 e. The second kappa shape index (κ2) is 6.55. The van der Waals surface area contributed by atoms with Crippen molar-refractivity contribution >= 4 is 15.7 Å². The lowest BCUT2D eigenvalue weighted by Crippen LogP contribution is -2.37. The molecule has 0 atom stereocenters. The molecule has 4 nitrogen and oxygen atoms in total. The van der Waals surface area contributed by atoms with Gasteiger partial charge in [-0.2, -0.15) is 0 Å². The largest absolute Gasteiger partial charge is 0.354 e. The van der Waals surface area contributed by atoms with Crippen molar-refractivity contribution in [3.8, 4) is 0 Å². The van der Waals surface area contributed by atoms with Gasteiger partial charge in [0, 0.05) is 6.54 Å². The second-order valence-electron chi connectivity index (χ2n) is 6.12. The van der Waals surface area contributed by atoms with Crippen molar-refractivity contribution in [2.45, 2.75) is 23.2 Å². The van der Waals surface area contributed by atoms with Crippen LogP contribution in [0.25, 0.3) is 0 Å². The molecule has 1 N–H and O–H groups in total. The molecule has 1 aliphatic carbocycles. The summed E-state index contributed by atoms with van der Waals surface area (Å²) in [5.74, 6) is -1.41. The summed E-state index contributed by atoms with van der Waals surface area (Å²) in [6, 6.07) is 10.3. The third-order valence-electron chi connectivity index (χ3n) is 4.41. The van der Waals surface area contributed by atoms with Gasteiger partial charge >= 0.3 is 0 Å². The highest BCUT2D eigenvalue weighted by molar-refractivity contribution is 7.91. The van der Waals surface area contributed by atoms with Gasteiger partial charge in [-0.05, 0) is 54.8 Å². The lowest BCUT2D eigenvalue weighted by Gasteiger charge is -2.16. The van der Waals surface area contributed by atoms with Crippen LogP contribution in [-0.2, 0) is 20.0 Å². The third kappa shape index (κ3) is 3.71. The van der Waals surface area contributed by atoms with Gasteiger partial charge in [0.1, 0.15) is 11.6 Å². The number of halogens is 2. The molecule has 0 radical (unpaired) electrons. The average Bonchev–Trinajstić information content (AvgIpc) is 3.37. The zero-order valence-electron chi connectivity index (χ0n) is 13.3. The van der Waals surface area contributed by atoms with Gasteiger partial charge in [0.05, 0.1) is 16.1 Å². The van der Waals surface area contributed by atoms with Crippen molar-refractivity contribution in [1.82, 2.24) is 5.32 Å². The Balaban J connectivity index is 1.61. The van der Waals surface area contributed by atoms with Crippen molar-refractivity contribution in [3.05, 3.63) is 65.7 Å². The van der Waals surface area contributed by atoms with E-state index in [2.05, 4.69) is 5.32 Å². The SMILES string of the molecule is O=C(NCCS(=O)(=O)c1ccc(F)cc1)C1(c2ccc(F)cc2)CC1. The van der Waals surface area contributed by atoms with E-state index < -0.39 is 21.1 Å². The van der Waals surface area contributed by atoms with Gasteiger partial charge in [-0.15, -0.1) is 0 Å². The van der Waals surface area contributed by atoms with Crippen LogP contribution in [0.1, 0.15) is 18.4 Å². The Bertz CT molecular complexity index is 874. The van der Waals surface area contributed by atoms with Crippen molar-refractivity contribution in [2.75, 3.05) is 12.3 Å². The fourth-order valence-corrected chi connectivity index (χ4v) is 3.93. The van der Waals surface area contributed by atoms with Crippen molar-refractivity contribution in [2.24, 2.45) is 0 Å². The first kappa shape index (κ1) is 17.5. The molecule has 2 aromatic rings. The molecule has 25 heavy (non-hydrogen) atoms. The van der Waals surface area contributed by atoms with E-state index >= 15 is 0 Å². The van der Waals surface area contributed by atoms with Crippen LogP contribution in [0.15, 0.2) is 53.4 Å². The number of carbonyl (C=O) groups is 1. The minimum atomic E-state index is -3.60. The summed E-state index contributed by atoms with van der Waals surface area (Å²) in [4.78, 5) is 12.4. The van der Waals surface area contributed by atoms with Crippen LogP contribution in [0.4, 0.5) is 8.78 Å². The van der Waals surface area contributed by atoms with E-state index in [4.69, 9.17) is 0 Å². The Morgan fingerprint density at radius 3 is 2.00 bits per heavy atom. The van der Waals surface area contributed by atoms with E-state index in [0.29, 0.717) is 12.8 Å². The molecular weight excluding hydrogens is 348 g/mol. The van der Waals surface area contributed by atoms with Crippen LogP contribution in [-0.4, -0.2) is 26.6 Å². The molecule has 0 heterocycles. The molecule has 1 aliphatic rings. The topological polar surface area (TPSA) is 63.2 Å². The quantitative estimate of drug-likeness (QED) is 0.801. The molecule has 1 amide bonds. The number of nitrogens with one attached hydrogen (secondary N) is 1. The molecule has 2 aromatic carbocycles. The highest BCUT2D eigenvalue weighted by atomic mass is 32.2. The van der Waals surface area contributed by atoms with Crippen LogP contribution in [0.5, 0.6) is 0 Å². The predicted octanol–water partition coefficient (Wildman–Crippen LogP) is 2.59. The number of hydrogen-bond donors (Lipinski definition) is 1. The van der Waals surface area contributed by atoms with Gasteiger partial charge in [0.15, 0.2) is 9.84 Å². The van der Waals surface area contributed by atoms with E-state index in [1.807, 2.05) is 0 Å². The van der Waals surface area contributed by atoms with Crippen LogP contribution >= 0.6 is 0 Å². The molecule has 1 fully saturated rings. The van der Waals surface area contributed by atoms with Crippen molar-refractivity contribution in [3.63, 3.8) is 0 Å². The monoisotopic (exact) mass is 365 g/mol. The van der Waals surface area contributed by atoms with Gasteiger partial charge in [-0.3, -0.25) is 4.79 Å². The number of sulfone groups is 1. The van der Waals surface area contributed by atoms with E-state index in [9.17, 15) is 22.0 Å². The Hall–Kier alpha value is -2.28. The first-order valence-electron chi connectivity index (χ1n) is 7.86. The van der Waals surface area contributed by atoms with Crippen molar-refractivity contribution < 1.29 is 22.0 Å². The van der Waals surface area contributed by atoms with Gasteiger partial charge in [-0.25, -0.2) is 17.2 Å². The fourth-order valence-electron chi connectivity index (χ4n) is 2.77. The maximum absolute atomic E-state index is 13.0. The van der Waals surface area contributed by atoms with E-state index in [1.165, 1.54) is 24.3 Å². The molecule has 0 aromatic heterocycles. The molecule has 0 unspecified atom stereocenters. The Morgan fingerprint density at radius 2 is 1.48 bits per heavy atom. The zero-order valence-corrected chi connectivity index (χ0v) is 14.2. The first-order valence-corrected chi connectivity index (χ1v) is 9.51. The molecule has 132 valence electrons. The number of carbonyl (C=O) groups excluding carboxylic acids is 1. The third-order valence-corrected chi connectivity index (χ3v) is 6.14. The summed E-state index contributed by atoms with van der Waals surface area (Å²) in [7, 11) is -3.60. The summed E-state index contributed by atoms with van der Waals surface area (Å²) in [5, 5.41) is 2.65. The van der Waals surface area contributed by atoms with Crippen LogP contribution in [0, 0.1) is 11.6 Å². The minimum absolute atomic E-state index is 0.0165. The Kier molecular flexibility index (Phi) is 4.60. The van der Waals surface area contributed by atoms with Gasteiger partial charge in [-0.1, -0.05) is 12.1 Å². The number of rotatable bonds is 6. The van der Waals surface area contributed by atoms with Crippen LogP contribution < -0.4 is 5.32 Å². The average molecular weight is 365 g/mol. The van der Waals surface area contributed by atoms with Gasteiger partial charge < -0.3 is 5.32 Å². The number of benzene rings is 2. The standard InChI is InChI=1S/C18H17F2NO3S/c19-14-3-1-13(2-4-14)18(9-10-18)17(22)21-11-12-25(23,24)16-7-5-15(20)6-8-16/h1-8H,9-12H2,(H,21,22). The number of amides is 1. The summed E-state index contributed by atoms with van der Waals surface area (Å²) >= 11 is 0. The molecule has 1 saturated carbocycles. The summed E-state index contributed by atoms with van der Waals surface area (Å²) < 4.78 is 50.3.